The molecule has 1 aliphatic carbocycles. The Labute approximate surface area is 203 Å². The smallest absolute Gasteiger partial charge is 0.287 e. The number of hydrogen-bond acceptors (Lipinski definition) is 5. The van der Waals surface area contributed by atoms with Gasteiger partial charge in [0.1, 0.15) is 6.04 Å². The second-order valence-corrected chi connectivity index (χ2v) is 9.60. The minimum atomic E-state index is -0.809. The molecule has 1 aliphatic rings. The molecule has 3 aromatic rings. The van der Waals surface area contributed by atoms with Gasteiger partial charge in [0.15, 0.2) is 5.76 Å². The summed E-state index contributed by atoms with van der Waals surface area (Å²) in [7, 11) is 0. The Hall–Kier alpha value is -3.39. The molecule has 34 heavy (non-hydrogen) atoms. The van der Waals surface area contributed by atoms with E-state index in [1.807, 2.05) is 48.7 Å². The van der Waals surface area contributed by atoms with Gasteiger partial charge in [-0.15, -0.1) is 11.3 Å². The van der Waals surface area contributed by atoms with E-state index in [1.54, 1.807) is 11.0 Å². The Morgan fingerprint density at radius 3 is 2.50 bits per heavy atom. The molecule has 0 aliphatic heterocycles. The van der Waals surface area contributed by atoms with Crippen molar-refractivity contribution in [3.05, 3.63) is 81.9 Å². The quantitative estimate of drug-likeness (QED) is 0.481. The zero-order chi connectivity index (χ0) is 23.9. The van der Waals surface area contributed by atoms with Gasteiger partial charge in [0.25, 0.3) is 5.91 Å². The average Bonchev–Trinajstić information content (AvgIpc) is 3.62. The number of rotatable bonds is 9. The van der Waals surface area contributed by atoms with Crippen LogP contribution in [0.1, 0.15) is 58.3 Å². The lowest BCUT2D eigenvalue weighted by molar-refractivity contribution is -0.141. The third-order valence-corrected chi connectivity index (χ3v) is 6.89. The Balaban J connectivity index is 1.60. The Morgan fingerprint density at radius 2 is 1.85 bits per heavy atom. The van der Waals surface area contributed by atoms with Gasteiger partial charge in [-0.3, -0.25) is 14.4 Å². The van der Waals surface area contributed by atoms with Crippen molar-refractivity contribution in [2.75, 3.05) is 6.54 Å². The molecule has 2 N–H and O–H groups in total. The molecule has 178 valence electrons. The van der Waals surface area contributed by atoms with Gasteiger partial charge in [-0.05, 0) is 48.9 Å². The number of nitrogens with zero attached hydrogens (tertiary/aromatic N) is 1. The minimum absolute atomic E-state index is 0.123. The summed E-state index contributed by atoms with van der Waals surface area (Å²) in [4.78, 5) is 41.9. The normalized spacial score (nSPS) is 14.5. The first-order valence-electron chi connectivity index (χ1n) is 11.5. The monoisotopic (exact) mass is 479 g/mol. The number of nitrogens with one attached hydrogen (secondary N) is 2. The maximum absolute atomic E-state index is 13.6. The van der Waals surface area contributed by atoms with E-state index in [4.69, 9.17) is 4.42 Å². The van der Waals surface area contributed by atoms with Crippen LogP contribution in [0.25, 0.3) is 0 Å². The molecule has 8 heteroatoms. The first kappa shape index (κ1) is 23.8. The molecule has 0 spiro atoms. The van der Waals surface area contributed by atoms with Crippen LogP contribution in [0.15, 0.2) is 64.6 Å². The van der Waals surface area contributed by atoms with Crippen LogP contribution >= 0.6 is 11.3 Å². The van der Waals surface area contributed by atoms with Crippen LogP contribution in [0.3, 0.4) is 0 Å². The third kappa shape index (κ3) is 5.94. The van der Waals surface area contributed by atoms with Crippen LogP contribution in [0.2, 0.25) is 0 Å². The molecule has 3 amide bonds. The molecule has 0 unspecified atom stereocenters. The van der Waals surface area contributed by atoms with Gasteiger partial charge >= 0.3 is 0 Å². The zero-order valence-corrected chi connectivity index (χ0v) is 20.0. The topological polar surface area (TPSA) is 91.7 Å². The predicted molar refractivity (Wildman–Crippen MR) is 130 cm³/mol. The summed E-state index contributed by atoms with van der Waals surface area (Å²) in [6.07, 6.45) is 5.49. The van der Waals surface area contributed by atoms with Crippen molar-refractivity contribution in [2.24, 2.45) is 0 Å². The molecule has 2 heterocycles. The molecule has 0 bridgehead atoms. The third-order valence-electron chi connectivity index (χ3n) is 6.03. The molecule has 7 nitrogen and oxygen atoms in total. The van der Waals surface area contributed by atoms with Crippen molar-refractivity contribution < 1.29 is 18.8 Å². The SMILES string of the molecule is Cc1ccc([C@@H](C(=O)NC2CCCC2)N(Cc2cccs2)C(=O)CNC(=O)c2ccco2)cc1. The van der Waals surface area contributed by atoms with Crippen molar-refractivity contribution in [1.29, 1.82) is 0 Å². The Morgan fingerprint density at radius 1 is 1.09 bits per heavy atom. The Kier molecular flexibility index (Phi) is 7.80. The van der Waals surface area contributed by atoms with E-state index >= 15 is 0 Å². The molecular formula is C26H29N3O4S. The lowest BCUT2D eigenvalue weighted by Gasteiger charge is -2.32. The standard InChI is InChI=1S/C26H29N3O4S/c1-18-10-12-19(13-11-18)24(26(32)28-20-6-2-3-7-20)29(17-21-8-5-15-34-21)23(30)16-27-25(31)22-9-4-14-33-22/h4-5,8-15,20,24H,2-3,6-7,16-17H2,1H3,(H,27,31)(H,28,32)/t24-/m0/s1. The second kappa shape index (κ2) is 11.2. The number of thiophene rings is 1. The van der Waals surface area contributed by atoms with E-state index in [2.05, 4.69) is 10.6 Å². The lowest BCUT2D eigenvalue weighted by Crippen LogP contribution is -2.48. The summed E-state index contributed by atoms with van der Waals surface area (Å²) in [5, 5.41) is 7.72. The Bertz CT molecular complexity index is 1090. The summed E-state index contributed by atoms with van der Waals surface area (Å²) in [5.41, 5.74) is 1.81. The summed E-state index contributed by atoms with van der Waals surface area (Å²) in [6, 6.07) is 14.0. The average molecular weight is 480 g/mol. The molecule has 1 fully saturated rings. The zero-order valence-electron chi connectivity index (χ0n) is 19.2. The summed E-state index contributed by atoms with van der Waals surface area (Å²) in [5.74, 6) is -0.887. The largest absolute Gasteiger partial charge is 0.459 e. The lowest BCUT2D eigenvalue weighted by atomic mass is 10.0. The predicted octanol–water partition coefficient (Wildman–Crippen LogP) is 4.21. The molecule has 1 atom stereocenters. The summed E-state index contributed by atoms with van der Waals surface area (Å²) >= 11 is 1.52. The van der Waals surface area contributed by atoms with Gasteiger partial charge < -0.3 is 20.0 Å². The fraction of sp³-hybridized carbons (Fsp3) is 0.346. The van der Waals surface area contributed by atoms with Crippen molar-refractivity contribution >= 4 is 29.1 Å². The van der Waals surface area contributed by atoms with Crippen LogP contribution in [-0.2, 0) is 16.1 Å². The van der Waals surface area contributed by atoms with E-state index in [-0.39, 0.29) is 36.7 Å². The maximum atomic E-state index is 13.6. The maximum Gasteiger partial charge on any atom is 0.287 e. The van der Waals surface area contributed by atoms with Crippen LogP contribution in [0.5, 0.6) is 0 Å². The first-order chi connectivity index (χ1) is 16.5. The fourth-order valence-corrected chi connectivity index (χ4v) is 4.92. The minimum Gasteiger partial charge on any atom is -0.459 e. The molecular weight excluding hydrogens is 450 g/mol. The molecule has 1 saturated carbocycles. The molecule has 1 aromatic carbocycles. The fourth-order valence-electron chi connectivity index (χ4n) is 4.22. The van der Waals surface area contributed by atoms with Crippen molar-refractivity contribution in [3.8, 4) is 0 Å². The van der Waals surface area contributed by atoms with Crippen molar-refractivity contribution in [3.63, 3.8) is 0 Å². The van der Waals surface area contributed by atoms with E-state index in [9.17, 15) is 14.4 Å². The molecule has 4 rings (SSSR count). The summed E-state index contributed by atoms with van der Waals surface area (Å²) in [6.45, 7) is 2.00. The number of hydrogen-bond donors (Lipinski definition) is 2. The highest BCUT2D eigenvalue weighted by molar-refractivity contribution is 7.09. The number of furan rings is 1. The first-order valence-corrected chi connectivity index (χ1v) is 12.4. The summed E-state index contributed by atoms with van der Waals surface area (Å²) < 4.78 is 5.11. The van der Waals surface area contributed by atoms with E-state index in [1.165, 1.54) is 23.7 Å². The van der Waals surface area contributed by atoms with E-state index < -0.39 is 11.9 Å². The van der Waals surface area contributed by atoms with Crippen LogP contribution in [-0.4, -0.2) is 35.2 Å². The van der Waals surface area contributed by atoms with Gasteiger partial charge in [0.05, 0.1) is 19.4 Å². The van der Waals surface area contributed by atoms with Crippen molar-refractivity contribution in [1.82, 2.24) is 15.5 Å². The highest BCUT2D eigenvalue weighted by Crippen LogP contribution is 2.27. The van der Waals surface area contributed by atoms with Crippen LogP contribution < -0.4 is 10.6 Å². The molecule has 2 aromatic heterocycles. The molecule has 0 radical (unpaired) electrons. The van der Waals surface area contributed by atoms with Gasteiger partial charge in [0, 0.05) is 10.9 Å². The van der Waals surface area contributed by atoms with Crippen LogP contribution in [0, 0.1) is 6.92 Å². The number of carbonyl (C=O) groups is 3. The highest BCUT2D eigenvalue weighted by Gasteiger charge is 2.33. The van der Waals surface area contributed by atoms with E-state index in [0.717, 1.165) is 41.7 Å². The molecule has 0 saturated heterocycles. The number of aryl methyl sites for hydroxylation is 1. The van der Waals surface area contributed by atoms with Gasteiger partial charge in [-0.25, -0.2) is 0 Å². The van der Waals surface area contributed by atoms with Gasteiger partial charge in [-0.1, -0.05) is 48.7 Å². The van der Waals surface area contributed by atoms with Crippen LogP contribution in [0.4, 0.5) is 0 Å². The van der Waals surface area contributed by atoms with Crippen molar-refractivity contribution in [2.45, 2.75) is 51.2 Å². The van der Waals surface area contributed by atoms with Gasteiger partial charge in [0.2, 0.25) is 11.8 Å². The highest BCUT2D eigenvalue weighted by atomic mass is 32.1. The number of carbonyl (C=O) groups excluding carboxylic acids is 3. The number of amides is 3. The number of benzene rings is 1. The second-order valence-electron chi connectivity index (χ2n) is 8.56. The van der Waals surface area contributed by atoms with Gasteiger partial charge in [-0.2, -0.15) is 0 Å². The van der Waals surface area contributed by atoms with E-state index in [0.29, 0.717) is 0 Å².